The van der Waals surface area contributed by atoms with Crippen molar-refractivity contribution >= 4 is 27.2 Å². The number of rotatable bonds is 9. The number of thiophene rings is 1. The van der Waals surface area contributed by atoms with E-state index in [0.29, 0.717) is 24.6 Å². The summed E-state index contributed by atoms with van der Waals surface area (Å²) in [6.45, 7) is 2.14. The molecule has 162 valence electrons. The lowest BCUT2D eigenvalue weighted by molar-refractivity contribution is 0.199. The van der Waals surface area contributed by atoms with E-state index in [1.165, 1.54) is 17.4 Å². The third-order valence-corrected chi connectivity index (χ3v) is 6.04. The highest BCUT2D eigenvalue weighted by molar-refractivity contribution is 7.22. The Bertz CT molecular complexity index is 1190. The molecule has 9 heteroatoms. The van der Waals surface area contributed by atoms with E-state index < -0.39 is 5.82 Å². The van der Waals surface area contributed by atoms with Gasteiger partial charge in [0.1, 0.15) is 11.6 Å². The van der Waals surface area contributed by atoms with Gasteiger partial charge >= 0.3 is 0 Å². The van der Waals surface area contributed by atoms with Gasteiger partial charge in [0.2, 0.25) is 0 Å². The van der Waals surface area contributed by atoms with Crippen LogP contribution in [0.3, 0.4) is 0 Å². The predicted molar refractivity (Wildman–Crippen MR) is 121 cm³/mol. The normalized spacial score (nSPS) is 11.2. The summed E-state index contributed by atoms with van der Waals surface area (Å²) in [4.78, 5) is 10.0. The molecule has 0 bridgehead atoms. The first kappa shape index (κ1) is 21.2. The van der Waals surface area contributed by atoms with Crippen molar-refractivity contribution in [1.29, 1.82) is 0 Å². The zero-order chi connectivity index (χ0) is 21.8. The number of nitrogens with one attached hydrogen (secondary N) is 2. The summed E-state index contributed by atoms with van der Waals surface area (Å²) in [6, 6.07) is 8.52. The van der Waals surface area contributed by atoms with Crippen LogP contribution in [0, 0.1) is 5.82 Å². The van der Waals surface area contributed by atoms with E-state index in [0.717, 1.165) is 33.2 Å². The maximum atomic E-state index is 14.4. The van der Waals surface area contributed by atoms with Crippen LogP contribution in [-0.2, 0) is 18.3 Å². The van der Waals surface area contributed by atoms with Crippen LogP contribution in [-0.4, -0.2) is 41.8 Å². The molecule has 4 rings (SSSR count). The van der Waals surface area contributed by atoms with Gasteiger partial charge in [0, 0.05) is 58.3 Å². The molecule has 0 saturated carbocycles. The Hall–Kier alpha value is -3.01. The summed E-state index contributed by atoms with van der Waals surface area (Å²) in [5.74, 6) is 1.15. The maximum absolute atomic E-state index is 14.4. The van der Waals surface area contributed by atoms with Crippen molar-refractivity contribution in [2.75, 3.05) is 32.6 Å². The molecule has 0 amide bonds. The van der Waals surface area contributed by atoms with Gasteiger partial charge in [-0.15, -0.1) is 11.3 Å². The molecule has 0 radical (unpaired) electrons. The number of anilines is 1. The quantitative estimate of drug-likeness (QED) is 0.375. The summed E-state index contributed by atoms with van der Waals surface area (Å²) in [6.07, 6.45) is 3.53. The van der Waals surface area contributed by atoms with Crippen molar-refractivity contribution in [2.24, 2.45) is 7.05 Å². The first-order chi connectivity index (χ1) is 15.1. The smallest absolute Gasteiger partial charge is 0.167 e. The van der Waals surface area contributed by atoms with Gasteiger partial charge in [-0.1, -0.05) is 0 Å². The Kier molecular flexibility index (Phi) is 6.45. The third-order valence-electron chi connectivity index (χ3n) is 4.91. The molecule has 0 aliphatic carbocycles. The summed E-state index contributed by atoms with van der Waals surface area (Å²) in [5.41, 5.74) is 2.54. The van der Waals surface area contributed by atoms with Crippen LogP contribution >= 0.6 is 11.3 Å². The van der Waals surface area contributed by atoms with E-state index in [1.807, 2.05) is 19.3 Å². The van der Waals surface area contributed by atoms with E-state index in [1.54, 1.807) is 38.6 Å². The van der Waals surface area contributed by atoms with Crippen LogP contribution in [0.15, 0.2) is 42.7 Å². The Morgan fingerprint density at radius 1 is 1.16 bits per heavy atom. The first-order valence-electron chi connectivity index (χ1n) is 9.85. The second kappa shape index (κ2) is 9.42. The molecule has 31 heavy (non-hydrogen) atoms. The van der Waals surface area contributed by atoms with Crippen molar-refractivity contribution in [2.45, 2.75) is 6.54 Å². The molecule has 1 aromatic carbocycles. The minimum atomic E-state index is -0.427. The molecule has 2 N–H and O–H groups in total. The van der Waals surface area contributed by atoms with Gasteiger partial charge in [0.05, 0.1) is 33.6 Å². The fourth-order valence-corrected chi connectivity index (χ4v) is 4.29. The highest BCUT2D eigenvalue weighted by Crippen LogP contribution is 2.39. The fourth-order valence-electron chi connectivity index (χ4n) is 3.19. The molecule has 7 nitrogen and oxygen atoms in total. The predicted octanol–water partition coefficient (Wildman–Crippen LogP) is 4.41. The van der Waals surface area contributed by atoms with E-state index in [4.69, 9.17) is 9.47 Å². The molecule has 0 atom stereocenters. The number of methoxy groups -OCH3 is 1. The van der Waals surface area contributed by atoms with Gasteiger partial charge in [-0.05, 0) is 18.2 Å². The fraction of sp³-hybridized carbons (Fsp3) is 0.273. The molecule has 0 aliphatic heterocycles. The molecule has 0 unspecified atom stereocenters. The number of imidazole rings is 1. The zero-order valence-electron chi connectivity index (χ0n) is 17.6. The largest absolute Gasteiger partial charge is 0.453 e. The van der Waals surface area contributed by atoms with E-state index in [-0.39, 0.29) is 5.75 Å². The van der Waals surface area contributed by atoms with Crippen molar-refractivity contribution in [3.8, 4) is 22.2 Å². The van der Waals surface area contributed by atoms with Crippen LogP contribution in [0.25, 0.3) is 20.9 Å². The highest BCUT2D eigenvalue weighted by atomic mass is 32.1. The number of ether oxygens (including phenoxy) is 2. The molecular weight excluding hydrogens is 417 g/mol. The van der Waals surface area contributed by atoms with Crippen molar-refractivity contribution in [1.82, 2.24) is 19.9 Å². The average molecular weight is 442 g/mol. The first-order valence-corrected chi connectivity index (χ1v) is 10.7. The minimum Gasteiger partial charge on any atom is -0.453 e. The van der Waals surface area contributed by atoms with Crippen LogP contribution < -0.4 is 15.4 Å². The topological polar surface area (TPSA) is 73.2 Å². The Morgan fingerprint density at radius 3 is 2.81 bits per heavy atom. The lowest BCUT2D eigenvalue weighted by Crippen LogP contribution is -2.20. The number of hydrogen-bond donors (Lipinski definition) is 2. The number of halogens is 1. The van der Waals surface area contributed by atoms with Gasteiger partial charge in [0.15, 0.2) is 11.6 Å². The molecule has 3 heterocycles. The van der Waals surface area contributed by atoms with Crippen molar-refractivity contribution < 1.29 is 13.9 Å². The number of pyridine rings is 1. The molecule has 4 aromatic rings. The second-order valence-electron chi connectivity index (χ2n) is 6.93. The van der Waals surface area contributed by atoms with Gasteiger partial charge in [0.25, 0.3) is 0 Å². The highest BCUT2D eigenvalue weighted by Gasteiger charge is 2.16. The summed E-state index contributed by atoms with van der Waals surface area (Å²) in [7, 11) is 5.42. The number of benzene rings is 1. The van der Waals surface area contributed by atoms with Crippen LogP contribution in [0.5, 0.6) is 11.5 Å². The van der Waals surface area contributed by atoms with Gasteiger partial charge in [-0.25, -0.2) is 9.37 Å². The van der Waals surface area contributed by atoms with E-state index in [2.05, 4.69) is 25.2 Å². The van der Waals surface area contributed by atoms with Crippen molar-refractivity contribution in [3.63, 3.8) is 0 Å². The van der Waals surface area contributed by atoms with E-state index >= 15 is 0 Å². The number of nitrogens with zero attached hydrogens (tertiary/aromatic N) is 3. The monoisotopic (exact) mass is 441 g/mol. The average Bonchev–Trinajstić information content (AvgIpc) is 3.36. The number of hydrogen-bond acceptors (Lipinski definition) is 7. The summed E-state index contributed by atoms with van der Waals surface area (Å²) >= 11 is 1.52. The summed E-state index contributed by atoms with van der Waals surface area (Å²) < 4.78 is 28.3. The molecule has 0 fully saturated rings. The number of aromatic nitrogens is 3. The van der Waals surface area contributed by atoms with Gasteiger partial charge in [-0.2, -0.15) is 0 Å². The minimum absolute atomic E-state index is 0.169. The third kappa shape index (κ3) is 4.53. The van der Waals surface area contributed by atoms with Crippen LogP contribution in [0.1, 0.15) is 5.69 Å². The van der Waals surface area contributed by atoms with Crippen LogP contribution in [0.2, 0.25) is 0 Å². The maximum Gasteiger partial charge on any atom is 0.167 e. The van der Waals surface area contributed by atoms with E-state index in [9.17, 15) is 4.39 Å². The standard InChI is InChI=1S/C22H24FN5O2S/c1-24-14-4-5-18(16(23)10-14)30-19-6-7-26-17-11-20(31-21(17)19)22-27-13-15(28(22)2)12-25-8-9-29-3/h4-7,10-11,13,24-25H,8-9,12H2,1-3H3. The Labute approximate surface area is 183 Å². The Morgan fingerprint density at radius 2 is 2.03 bits per heavy atom. The lowest BCUT2D eigenvalue weighted by atomic mass is 10.3. The SMILES string of the molecule is CNc1ccc(Oc2ccnc3cc(-c4ncc(CNCCOC)n4C)sc23)c(F)c1. The second-order valence-corrected chi connectivity index (χ2v) is 7.99. The van der Waals surface area contributed by atoms with Crippen molar-refractivity contribution in [3.05, 3.63) is 54.2 Å². The lowest BCUT2D eigenvalue weighted by Gasteiger charge is -2.09. The molecule has 3 aromatic heterocycles. The number of fused-ring (bicyclic) bond motifs is 1. The van der Waals surface area contributed by atoms with Gasteiger partial charge in [-0.3, -0.25) is 4.98 Å². The van der Waals surface area contributed by atoms with Crippen LogP contribution in [0.4, 0.5) is 10.1 Å². The zero-order valence-corrected chi connectivity index (χ0v) is 18.4. The summed E-state index contributed by atoms with van der Waals surface area (Å²) in [5, 5.41) is 6.24. The molecule has 0 saturated heterocycles. The van der Waals surface area contributed by atoms with Gasteiger partial charge < -0.3 is 24.7 Å². The molecule has 0 aliphatic rings. The molecular formula is C22H24FN5O2S. The molecule has 0 spiro atoms. The Balaban J connectivity index is 1.60.